The molecule has 32 heavy (non-hydrogen) atoms. The van der Waals surface area contributed by atoms with Crippen LogP contribution >= 0.6 is 22.6 Å². The maximum absolute atomic E-state index is 13.0. The molecule has 0 unspecified atom stereocenters. The summed E-state index contributed by atoms with van der Waals surface area (Å²) in [4.78, 5) is 27.5. The number of ether oxygens (including phenoxy) is 2. The number of hydrogen-bond donors (Lipinski definition) is 1. The Morgan fingerprint density at radius 1 is 1.22 bits per heavy atom. The molecule has 172 valence electrons. The fourth-order valence-corrected chi connectivity index (χ4v) is 4.26. The predicted molar refractivity (Wildman–Crippen MR) is 131 cm³/mol. The minimum absolute atomic E-state index is 0.247. The monoisotopic (exact) mass is 552 g/mol. The van der Waals surface area contributed by atoms with Crippen LogP contribution in [0.4, 0.5) is 0 Å². The van der Waals surface area contributed by atoms with E-state index in [2.05, 4.69) is 56.4 Å². The number of fused-ring (bicyclic) bond motifs is 1. The molecule has 0 aromatic carbocycles. The molecule has 0 spiro atoms. The summed E-state index contributed by atoms with van der Waals surface area (Å²) in [5.74, 6) is 0.946. The number of morpholine rings is 1. The summed E-state index contributed by atoms with van der Waals surface area (Å²) in [6.07, 6.45) is 4.46. The molecule has 3 aromatic heterocycles. The van der Waals surface area contributed by atoms with E-state index in [1.54, 1.807) is 6.20 Å². The second-order valence-electron chi connectivity index (χ2n) is 7.80. The highest BCUT2D eigenvalue weighted by Gasteiger charge is 2.19. The first-order valence-corrected chi connectivity index (χ1v) is 12.3. The number of aromatic amines is 1. The van der Waals surface area contributed by atoms with Gasteiger partial charge in [0.25, 0.3) is 5.56 Å². The van der Waals surface area contributed by atoms with Crippen molar-refractivity contribution in [3.05, 3.63) is 31.9 Å². The zero-order valence-electron chi connectivity index (χ0n) is 18.6. The fourth-order valence-electron chi connectivity index (χ4n) is 3.81. The number of hydrogen-bond acceptors (Lipinski definition) is 7. The number of aryl methyl sites for hydroxylation is 1. The van der Waals surface area contributed by atoms with Crippen molar-refractivity contribution in [1.29, 1.82) is 0 Å². The molecule has 1 aliphatic heterocycles. The molecule has 3 aromatic rings. The van der Waals surface area contributed by atoms with Crippen molar-refractivity contribution in [3.63, 3.8) is 0 Å². The van der Waals surface area contributed by atoms with E-state index in [4.69, 9.17) is 14.5 Å². The van der Waals surface area contributed by atoms with Crippen molar-refractivity contribution in [1.82, 2.24) is 29.6 Å². The summed E-state index contributed by atoms with van der Waals surface area (Å²) in [5.41, 5.74) is 2.43. The van der Waals surface area contributed by atoms with E-state index in [0.717, 1.165) is 61.4 Å². The predicted octanol–water partition coefficient (Wildman–Crippen LogP) is 2.86. The molecule has 4 heterocycles. The third-order valence-electron chi connectivity index (χ3n) is 5.58. The lowest BCUT2D eigenvalue weighted by Crippen LogP contribution is -2.38. The molecule has 1 N–H and O–H groups in total. The third kappa shape index (κ3) is 5.12. The average Bonchev–Trinajstić information content (AvgIpc) is 3.17. The smallest absolute Gasteiger partial charge is 0.279 e. The van der Waals surface area contributed by atoms with Crippen LogP contribution in [0.25, 0.3) is 22.4 Å². The van der Waals surface area contributed by atoms with E-state index in [0.29, 0.717) is 41.5 Å². The Morgan fingerprint density at radius 2 is 2.03 bits per heavy atom. The Morgan fingerprint density at radius 3 is 2.78 bits per heavy atom. The summed E-state index contributed by atoms with van der Waals surface area (Å²) < 4.78 is 14.2. The Bertz CT molecular complexity index is 1120. The van der Waals surface area contributed by atoms with Crippen LogP contribution < -0.4 is 10.3 Å². The molecule has 1 aliphatic rings. The van der Waals surface area contributed by atoms with Crippen molar-refractivity contribution in [2.75, 3.05) is 39.5 Å². The minimum Gasteiger partial charge on any atom is -0.477 e. The summed E-state index contributed by atoms with van der Waals surface area (Å²) >= 11 is 2.20. The first-order chi connectivity index (χ1) is 15.6. The highest BCUT2D eigenvalue weighted by molar-refractivity contribution is 14.1. The van der Waals surface area contributed by atoms with Gasteiger partial charge in [0, 0.05) is 29.4 Å². The second-order valence-corrected chi connectivity index (χ2v) is 9.04. The van der Waals surface area contributed by atoms with E-state index in [1.807, 2.05) is 10.7 Å². The number of halogens is 1. The van der Waals surface area contributed by atoms with Gasteiger partial charge in [-0.2, -0.15) is 5.10 Å². The number of pyridine rings is 1. The molecule has 10 heteroatoms. The molecule has 0 aliphatic carbocycles. The molecule has 4 rings (SSSR count). The maximum atomic E-state index is 13.0. The van der Waals surface area contributed by atoms with Crippen LogP contribution in [0, 0.1) is 3.57 Å². The van der Waals surface area contributed by atoms with Gasteiger partial charge >= 0.3 is 0 Å². The summed E-state index contributed by atoms with van der Waals surface area (Å²) in [7, 11) is 0. The molecule has 1 fully saturated rings. The fraction of sp³-hybridized carbons (Fsp3) is 0.545. The highest BCUT2D eigenvalue weighted by Crippen LogP contribution is 2.28. The molecular weight excluding hydrogens is 523 g/mol. The second kappa shape index (κ2) is 10.7. The molecular formula is C22H29IN6O3. The van der Waals surface area contributed by atoms with E-state index < -0.39 is 0 Å². The standard InChI is InChI=1S/C22H29IN6O3/c1-3-5-10-32-22-16(13-15(23)14-24-22)20-25-18-17(4-2)29(27-19(18)21(30)26-20)7-6-28-8-11-31-12-9-28/h13-14H,3-12H2,1-2H3,(H,25,26,30). The lowest BCUT2D eigenvalue weighted by molar-refractivity contribution is 0.0359. The number of nitrogens with one attached hydrogen (secondary N) is 1. The molecule has 9 nitrogen and oxygen atoms in total. The van der Waals surface area contributed by atoms with Gasteiger partial charge in [0.15, 0.2) is 5.52 Å². The van der Waals surface area contributed by atoms with Crippen LogP contribution in [0.2, 0.25) is 0 Å². The molecule has 0 amide bonds. The van der Waals surface area contributed by atoms with Crippen LogP contribution in [0.15, 0.2) is 17.1 Å². The van der Waals surface area contributed by atoms with Crippen LogP contribution in [-0.4, -0.2) is 69.1 Å². The van der Waals surface area contributed by atoms with Crippen LogP contribution in [-0.2, 0) is 17.7 Å². The zero-order valence-corrected chi connectivity index (χ0v) is 20.7. The van der Waals surface area contributed by atoms with E-state index in [1.165, 1.54) is 0 Å². The first kappa shape index (κ1) is 23.1. The van der Waals surface area contributed by atoms with Crippen molar-refractivity contribution >= 4 is 33.6 Å². The Balaban J connectivity index is 1.69. The summed E-state index contributed by atoms with van der Waals surface area (Å²) in [6, 6.07) is 1.94. The molecule has 0 radical (unpaired) electrons. The van der Waals surface area contributed by atoms with Crippen molar-refractivity contribution in [2.45, 2.75) is 39.7 Å². The van der Waals surface area contributed by atoms with Gasteiger partial charge in [0.1, 0.15) is 11.3 Å². The van der Waals surface area contributed by atoms with Gasteiger partial charge in [-0.3, -0.25) is 14.4 Å². The van der Waals surface area contributed by atoms with Gasteiger partial charge in [0.05, 0.1) is 37.6 Å². The van der Waals surface area contributed by atoms with Crippen molar-refractivity contribution in [3.8, 4) is 17.3 Å². The summed E-state index contributed by atoms with van der Waals surface area (Å²) in [5, 5.41) is 4.61. The number of nitrogens with zero attached hydrogens (tertiary/aromatic N) is 5. The van der Waals surface area contributed by atoms with Crippen molar-refractivity contribution < 1.29 is 9.47 Å². The first-order valence-electron chi connectivity index (χ1n) is 11.2. The van der Waals surface area contributed by atoms with E-state index >= 15 is 0 Å². The zero-order chi connectivity index (χ0) is 22.5. The summed E-state index contributed by atoms with van der Waals surface area (Å²) in [6.45, 7) is 9.70. The topological polar surface area (TPSA) is 98.2 Å². The van der Waals surface area contributed by atoms with Crippen LogP contribution in [0.5, 0.6) is 5.88 Å². The minimum atomic E-state index is -0.247. The van der Waals surface area contributed by atoms with E-state index in [-0.39, 0.29) is 5.56 Å². The highest BCUT2D eigenvalue weighted by atomic mass is 127. The number of rotatable bonds is 9. The van der Waals surface area contributed by atoms with Crippen LogP contribution in [0.1, 0.15) is 32.4 Å². The molecule has 1 saturated heterocycles. The van der Waals surface area contributed by atoms with Gasteiger partial charge in [-0.05, 0) is 41.5 Å². The Labute approximate surface area is 200 Å². The lowest BCUT2D eigenvalue weighted by atomic mass is 10.2. The van der Waals surface area contributed by atoms with Gasteiger partial charge in [-0.1, -0.05) is 20.3 Å². The largest absolute Gasteiger partial charge is 0.477 e. The number of H-pyrrole nitrogens is 1. The SMILES string of the molecule is CCCCOc1ncc(I)cc1-c1nc2c(CC)n(CCN3CCOCC3)nc2c(=O)[nH]1. The quantitative estimate of drug-likeness (QED) is 0.322. The van der Waals surface area contributed by atoms with Gasteiger partial charge in [-0.25, -0.2) is 9.97 Å². The molecule has 0 atom stereocenters. The molecule has 0 saturated carbocycles. The average molecular weight is 552 g/mol. The number of unbranched alkanes of at least 4 members (excludes halogenated alkanes) is 1. The van der Waals surface area contributed by atoms with Crippen LogP contribution in [0.3, 0.4) is 0 Å². The van der Waals surface area contributed by atoms with E-state index in [9.17, 15) is 4.79 Å². The third-order valence-corrected chi connectivity index (χ3v) is 6.17. The van der Waals surface area contributed by atoms with Gasteiger partial charge < -0.3 is 14.5 Å². The normalized spacial score (nSPS) is 14.8. The molecule has 0 bridgehead atoms. The maximum Gasteiger partial charge on any atom is 0.279 e. The number of aromatic nitrogens is 5. The van der Waals surface area contributed by atoms with Gasteiger partial charge in [0.2, 0.25) is 5.88 Å². The Hall–Kier alpha value is -2.05. The van der Waals surface area contributed by atoms with Gasteiger partial charge in [-0.15, -0.1) is 0 Å². The lowest BCUT2D eigenvalue weighted by Gasteiger charge is -2.26. The Kier molecular flexibility index (Phi) is 7.74. The van der Waals surface area contributed by atoms with Crippen molar-refractivity contribution in [2.24, 2.45) is 0 Å².